The van der Waals surface area contributed by atoms with Gasteiger partial charge in [0.2, 0.25) is 5.91 Å². The summed E-state index contributed by atoms with van der Waals surface area (Å²) in [6.07, 6.45) is 1.80. The zero-order chi connectivity index (χ0) is 15.3. The molecule has 2 rings (SSSR count). The molecule has 1 saturated heterocycles. The fraction of sp³-hybridized carbons (Fsp3) is 0.600. The minimum absolute atomic E-state index is 0.0125. The summed E-state index contributed by atoms with van der Waals surface area (Å²) in [5, 5.41) is 2.83. The maximum Gasteiger partial charge on any atom is 0.235 e. The first-order chi connectivity index (χ1) is 9.94. The largest absolute Gasteiger partial charge is 0.378 e. The quantitative estimate of drug-likeness (QED) is 0.925. The summed E-state index contributed by atoms with van der Waals surface area (Å²) in [4.78, 5) is 18.4. The van der Waals surface area contributed by atoms with Crippen LogP contribution in [0.5, 0.6) is 0 Å². The molecule has 1 aliphatic heterocycles. The van der Waals surface area contributed by atoms with E-state index in [0.717, 1.165) is 32.0 Å². The van der Waals surface area contributed by atoms with Gasteiger partial charge in [0.1, 0.15) is 5.82 Å². The van der Waals surface area contributed by atoms with Crippen LogP contribution in [-0.2, 0) is 9.53 Å². The highest BCUT2D eigenvalue weighted by Gasteiger charge is 2.14. The highest BCUT2D eigenvalue weighted by molar-refractivity contribution is 8.01. The van der Waals surface area contributed by atoms with Crippen molar-refractivity contribution in [1.29, 1.82) is 0 Å². The standard InChI is InChI=1S/C15H23N3O2S/c1-15(2,3)21-11-14(19)17-13-5-4-12(10-16-13)18-6-8-20-9-7-18/h4-5,10H,6-9,11H2,1-3H3,(H,16,17,19). The van der Waals surface area contributed by atoms with Gasteiger partial charge in [0.25, 0.3) is 0 Å². The number of hydrogen-bond acceptors (Lipinski definition) is 5. The predicted molar refractivity (Wildman–Crippen MR) is 88.1 cm³/mol. The minimum atomic E-state index is -0.0125. The number of anilines is 2. The van der Waals surface area contributed by atoms with Crippen molar-refractivity contribution >= 4 is 29.2 Å². The Morgan fingerprint density at radius 1 is 1.38 bits per heavy atom. The molecule has 6 heteroatoms. The predicted octanol–water partition coefficient (Wildman–Crippen LogP) is 2.39. The Balaban J connectivity index is 1.85. The Hall–Kier alpha value is -1.27. The van der Waals surface area contributed by atoms with Crippen LogP contribution in [0.15, 0.2) is 18.3 Å². The number of pyridine rings is 1. The van der Waals surface area contributed by atoms with Crippen molar-refractivity contribution in [3.05, 3.63) is 18.3 Å². The van der Waals surface area contributed by atoms with Crippen molar-refractivity contribution < 1.29 is 9.53 Å². The first-order valence-electron chi connectivity index (χ1n) is 7.17. The second-order valence-corrected chi connectivity index (χ2v) is 7.75. The Morgan fingerprint density at radius 2 is 2.10 bits per heavy atom. The van der Waals surface area contributed by atoms with E-state index >= 15 is 0 Å². The summed E-state index contributed by atoms with van der Waals surface area (Å²) < 4.78 is 5.42. The van der Waals surface area contributed by atoms with Crippen molar-refractivity contribution in [3.8, 4) is 0 Å². The van der Waals surface area contributed by atoms with E-state index < -0.39 is 0 Å². The lowest BCUT2D eigenvalue weighted by molar-refractivity contribution is -0.113. The van der Waals surface area contributed by atoms with Crippen molar-refractivity contribution in [2.24, 2.45) is 0 Å². The van der Waals surface area contributed by atoms with Crippen molar-refractivity contribution in [3.63, 3.8) is 0 Å². The van der Waals surface area contributed by atoms with Gasteiger partial charge in [-0.05, 0) is 12.1 Å². The van der Waals surface area contributed by atoms with E-state index in [4.69, 9.17) is 4.74 Å². The van der Waals surface area contributed by atoms with Crippen LogP contribution in [0.2, 0.25) is 0 Å². The molecule has 0 saturated carbocycles. The summed E-state index contributed by atoms with van der Waals surface area (Å²) in [6, 6.07) is 3.84. The number of morpholine rings is 1. The molecule has 5 nitrogen and oxygen atoms in total. The van der Waals surface area contributed by atoms with Gasteiger partial charge in [-0.3, -0.25) is 4.79 Å². The third-order valence-electron chi connectivity index (χ3n) is 3.03. The highest BCUT2D eigenvalue weighted by atomic mass is 32.2. The molecule has 116 valence electrons. The van der Waals surface area contributed by atoms with Gasteiger partial charge in [-0.25, -0.2) is 4.98 Å². The molecule has 1 aliphatic rings. The molecule has 0 atom stereocenters. The second-order valence-electron chi connectivity index (χ2n) is 5.95. The Labute approximate surface area is 130 Å². The molecule has 1 aromatic rings. The molecule has 1 aromatic heterocycles. The first-order valence-corrected chi connectivity index (χ1v) is 8.15. The van der Waals surface area contributed by atoms with E-state index in [1.807, 2.05) is 12.1 Å². The zero-order valence-electron chi connectivity index (χ0n) is 12.9. The molecule has 0 radical (unpaired) electrons. The van der Waals surface area contributed by atoms with Gasteiger partial charge in [-0.15, -0.1) is 11.8 Å². The van der Waals surface area contributed by atoms with E-state index in [0.29, 0.717) is 11.6 Å². The van der Waals surface area contributed by atoms with Gasteiger partial charge in [-0.2, -0.15) is 0 Å². The average Bonchev–Trinajstić information content (AvgIpc) is 2.46. The van der Waals surface area contributed by atoms with Crippen LogP contribution in [0.3, 0.4) is 0 Å². The van der Waals surface area contributed by atoms with Crippen LogP contribution in [0.25, 0.3) is 0 Å². The van der Waals surface area contributed by atoms with E-state index in [2.05, 4.69) is 36.0 Å². The number of carbonyl (C=O) groups is 1. The summed E-state index contributed by atoms with van der Waals surface area (Å²) in [5.41, 5.74) is 1.07. The highest BCUT2D eigenvalue weighted by Crippen LogP contribution is 2.23. The lowest BCUT2D eigenvalue weighted by Gasteiger charge is -2.28. The molecule has 0 spiro atoms. The van der Waals surface area contributed by atoms with Crippen LogP contribution in [-0.4, -0.2) is 47.7 Å². The summed E-state index contributed by atoms with van der Waals surface area (Å²) >= 11 is 1.62. The lowest BCUT2D eigenvalue weighted by atomic mass is 10.3. The van der Waals surface area contributed by atoms with Gasteiger partial charge in [-0.1, -0.05) is 20.8 Å². The second kappa shape index (κ2) is 7.13. The molecule has 21 heavy (non-hydrogen) atoms. The number of hydrogen-bond donors (Lipinski definition) is 1. The number of amides is 1. The molecular weight excluding hydrogens is 286 g/mol. The molecule has 0 unspecified atom stereocenters. The first kappa shape index (κ1) is 16.1. The molecule has 1 fully saturated rings. The van der Waals surface area contributed by atoms with E-state index in [1.54, 1.807) is 18.0 Å². The molecule has 1 amide bonds. The Morgan fingerprint density at radius 3 is 2.67 bits per heavy atom. The fourth-order valence-corrected chi connectivity index (χ4v) is 2.57. The molecule has 0 aromatic carbocycles. The monoisotopic (exact) mass is 309 g/mol. The third kappa shape index (κ3) is 5.55. The van der Waals surface area contributed by atoms with Crippen molar-refractivity contribution in [2.45, 2.75) is 25.5 Å². The molecule has 2 heterocycles. The van der Waals surface area contributed by atoms with Gasteiger partial charge in [0, 0.05) is 17.8 Å². The Kier molecular flexibility index (Phi) is 5.47. The van der Waals surface area contributed by atoms with E-state index in [1.165, 1.54) is 0 Å². The Bertz CT molecular complexity index is 465. The maximum absolute atomic E-state index is 11.8. The average molecular weight is 309 g/mol. The van der Waals surface area contributed by atoms with Crippen molar-refractivity contribution in [2.75, 3.05) is 42.3 Å². The summed E-state index contributed by atoms with van der Waals surface area (Å²) in [6.45, 7) is 9.57. The van der Waals surface area contributed by atoms with Crippen LogP contribution < -0.4 is 10.2 Å². The van der Waals surface area contributed by atoms with Gasteiger partial charge in [0.05, 0.1) is 30.9 Å². The third-order valence-corrected chi connectivity index (χ3v) is 4.30. The topological polar surface area (TPSA) is 54.5 Å². The van der Waals surface area contributed by atoms with Crippen LogP contribution in [0, 0.1) is 0 Å². The van der Waals surface area contributed by atoms with Crippen LogP contribution in [0.1, 0.15) is 20.8 Å². The molecule has 1 N–H and O–H groups in total. The van der Waals surface area contributed by atoms with Gasteiger partial charge >= 0.3 is 0 Å². The minimum Gasteiger partial charge on any atom is -0.378 e. The number of ether oxygens (including phenoxy) is 1. The number of thioether (sulfide) groups is 1. The van der Waals surface area contributed by atoms with Crippen LogP contribution in [0.4, 0.5) is 11.5 Å². The maximum atomic E-state index is 11.8. The van der Waals surface area contributed by atoms with Gasteiger partial charge in [0.15, 0.2) is 0 Å². The number of rotatable bonds is 4. The summed E-state index contributed by atoms with van der Waals surface area (Å²) in [5.74, 6) is 1.03. The molecule has 0 aliphatic carbocycles. The van der Waals surface area contributed by atoms with E-state index in [-0.39, 0.29) is 10.7 Å². The molecular formula is C15H23N3O2S. The van der Waals surface area contributed by atoms with E-state index in [9.17, 15) is 4.79 Å². The van der Waals surface area contributed by atoms with Gasteiger partial charge < -0.3 is 15.0 Å². The fourth-order valence-electron chi connectivity index (χ4n) is 1.93. The number of nitrogens with one attached hydrogen (secondary N) is 1. The number of aromatic nitrogens is 1. The van der Waals surface area contributed by atoms with Crippen molar-refractivity contribution in [1.82, 2.24) is 4.98 Å². The number of nitrogens with zero attached hydrogens (tertiary/aromatic N) is 2. The molecule has 0 bridgehead atoms. The zero-order valence-corrected chi connectivity index (χ0v) is 13.7. The normalized spacial score (nSPS) is 15.9. The number of carbonyl (C=O) groups excluding carboxylic acids is 1. The SMILES string of the molecule is CC(C)(C)SCC(=O)Nc1ccc(N2CCOCC2)cn1. The van der Waals surface area contributed by atoms with Crippen LogP contribution >= 0.6 is 11.8 Å². The lowest BCUT2D eigenvalue weighted by Crippen LogP contribution is -2.36. The smallest absolute Gasteiger partial charge is 0.235 e. The summed E-state index contributed by atoms with van der Waals surface area (Å²) in [7, 11) is 0.